The first-order valence-corrected chi connectivity index (χ1v) is 12.4. The quantitative estimate of drug-likeness (QED) is 0.236. The van der Waals surface area contributed by atoms with E-state index in [1.54, 1.807) is 4.72 Å². The van der Waals surface area contributed by atoms with Crippen LogP contribution in [0.5, 0.6) is 0 Å². The van der Waals surface area contributed by atoms with E-state index in [9.17, 15) is 35.2 Å². The van der Waals surface area contributed by atoms with Crippen LogP contribution in [-0.4, -0.2) is 32.1 Å². The maximum absolute atomic E-state index is 14.2. The van der Waals surface area contributed by atoms with Crippen LogP contribution < -0.4 is 15.4 Å². The van der Waals surface area contributed by atoms with Gasteiger partial charge in [-0.05, 0) is 49.2 Å². The Balaban J connectivity index is 2.18. The Bertz CT molecular complexity index is 1180. The normalized spacial score (nSPS) is 13.0. The molecule has 1 aromatic carbocycles. The number of nitrogens with zero attached hydrogens (tertiary/aromatic N) is 1. The van der Waals surface area contributed by atoms with Crippen LogP contribution in [0, 0.1) is 11.6 Å². The van der Waals surface area contributed by atoms with Crippen molar-refractivity contribution in [3.05, 3.63) is 58.8 Å². The zero-order chi connectivity index (χ0) is 26.4. The van der Waals surface area contributed by atoms with E-state index in [1.807, 2.05) is 6.92 Å². The Morgan fingerprint density at radius 2 is 1.80 bits per heavy atom. The van der Waals surface area contributed by atoms with Gasteiger partial charge in [-0.25, -0.2) is 22.2 Å². The number of nitrogens with one attached hydrogen (secondary N) is 3. The second kappa shape index (κ2) is 11.5. The van der Waals surface area contributed by atoms with Gasteiger partial charge in [-0.1, -0.05) is 13.3 Å². The van der Waals surface area contributed by atoms with Gasteiger partial charge in [-0.3, -0.25) is 9.52 Å². The van der Waals surface area contributed by atoms with Crippen molar-refractivity contribution >= 4 is 33.5 Å². The second-order valence-electron chi connectivity index (χ2n) is 7.71. The van der Waals surface area contributed by atoms with Crippen molar-refractivity contribution in [1.82, 2.24) is 10.3 Å². The monoisotopic (exact) mass is 520 g/mol. The molecule has 0 saturated carbocycles. The lowest BCUT2D eigenvalue weighted by molar-refractivity contribution is -0.141. The molecule has 13 heteroatoms. The van der Waals surface area contributed by atoms with E-state index >= 15 is 0 Å². The fourth-order valence-electron chi connectivity index (χ4n) is 2.92. The Kier molecular flexibility index (Phi) is 9.18. The topological polar surface area (TPSA) is 100 Å². The summed E-state index contributed by atoms with van der Waals surface area (Å²) in [5, 5.41) is 5.30. The van der Waals surface area contributed by atoms with Crippen LogP contribution >= 0.6 is 0 Å². The average Bonchev–Trinajstić information content (AvgIpc) is 2.74. The molecular weight excluding hydrogens is 495 g/mol. The molecule has 0 aliphatic carbocycles. The van der Waals surface area contributed by atoms with E-state index in [0.717, 1.165) is 37.0 Å². The van der Waals surface area contributed by atoms with Crippen molar-refractivity contribution in [2.75, 3.05) is 22.8 Å². The molecule has 1 atom stereocenters. The Hall–Kier alpha value is -3.22. The van der Waals surface area contributed by atoms with Crippen LogP contribution in [-0.2, 0) is 21.0 Å². The molecule has 0 aliphatic rings. The summed E-state index contributed by atoms with van der Waals surface area (Å²) in [7, 11) is -3.91. The van der Waals surface area contributed by atoms with Gasteiger partial charge in [-0.2, -0.15) is 13.2 Å². The van der Waals surface area contributed by atoms with Gasteiger partial charge in [0.2, 0.25) is 15.9 Å². The van der Waals surface area contributed by atoms with E-state index in [-0.39, 0.29) is 16.9 Å². The van der Waals surface area contributed by atoms with Crippen LogP contribution in [0.2, 0.25) is 0 Å². The third-order valence-corrected chi connectivity index (χ3v) is 5.24. The number of hydrogen-bond donors (Lipinski definition) is 3. The van der Waals surface area contributed by atoms with Crippen LogP contribution in [0.15, 0.2) is 30.3 Å². The molecule has 0 spiro atoms. The summed E-state index contributed by atoms with van der Waals surface area (Å²) in [6.07, 6.45) is -0.0600. The third-order valence-electron chi connectivity index (χ3n) is 4.66. The van der Waals surface area contributed by atoms with Gasteiger partial charge < -0.3 is 10.6 Å². The number of carbonyl (C=O) groups excluding carboxylic acids is 1. The molecular formula is C22H25F5N4O3S. The van der Waals surface area contributed by atoms with Crippen molar-refractivity contribution in [2.45, 2.75) is 38.9 Å². The van der Waals surface area contributed by atoms with Crippen LogP contribution in [0.3, 0.4) is 0 Å². The number of halogens is 5. The second-order valence-corrected chi connectivity index (χ2v) is 9.46. The minimum absolute atomic E-state index is 0.0268. The predicted molar refractivity (Wildman–Crippen MR) is 123 cm³/mol. The van der Waals surface area contributed by atoms with E-state index in [2.05, 4.69) is 15.6 Å². The molecule has 2 rings (SSSR count). The van der Waals surface area contributed by atoms with E-state index < -0.39 is 51.2 Å². The number of carbonyl (C=O) groups is 1. The third kappa shape index (κ3) is 8.50. The molecule has 0 aliphatic heterocycles. The first-order chi connectivity index (χ1) is 16.2. The standard InChI is InChI=1S/C22H25F5N4O3S/c1-4-5-10-28-21-14(6-8-18(30-21)22(25,26)27)7-9-19(32)29-13(2)15-11-16(23)20(17(24)12-15)31-35(3,33)34/h6-9,11-13,31H,4-5,10H2,1-3H3,(H,28,30)(H,29,32)/b9-7+/t13-/m1/s1. The maximum atomic E-state index is 14.2. The summed E-state index contributed by atoms with van der Waals surface area (Å²) in [6, 6.07) is 2.84. The highest BCUT2D eigenvalue weighted by atomic mass is 32.2. The lowest BCUT2D eigenvalue weighted by Gasteiger charge is -2.15. The fraction of sp³-hybridized carbons (Fsp3) is 0.364. The summed E-state index contributed by atoms with van der Waals surface area (Å²) >= 11 is 0. The molecule has 3 N–H and O–H groups in total. The van der Waals surface area contributed by atoms with Crippen LogP contribution in [0.4, 0.5) is 33.5 Å². The minimum Gasteiger partial charge on any atom is -0.370 e. The number of hydrogen-bond acceptors (Lipinski definition) is 5. The Labute approximate surface area is 199 Å². The van der Waals surface area contributed by atoms with Gasteiger partial charge in [-0.15, -0.1) is 0 Å². The van der Waals surface area contributed by atoms with Gasteiger partial charge in [0.15, 0.2) is 11.6 Å². The smallest absolute Gasteiger partial charge is 0.370 e. The Morgan fingerprint density at radius 1 is 1.17 bits per heavy atom. The maximum Gasteiger partial charge on any atom is 0.433 e. The molecule has 1 amide bonds. The van der Waals surface area contributed by atoms with Crippen molar-refractivity contribution in [1.29, 1.82) is 0 Å². The zero-order valence-electron chi connectivity index (χ0n) is 19.1. The van der Waals surface area contributed by atoms with Crippen LogP contribution in [0.25, 0.3) is 6.08 Å². The molecule has 0 saturated heterocycles. The summed E-state index contributed by atoms with van der Waals surface area (Å²) in [4.78, 5) is 15.9. The van der Waals surface area contributed by atoms with Gasteiger partial charge >= 0.3 is 6.18 Å². The average molecular weight is 521 g/mol. The van der Waals surface area contributed by atoms with Gasteiger partial charge in [0, 0.05) is 18.2 Å². The molecule has 1 heterocycles. The Morgan fingerprint density at radius 3 is 2.34 bits per heavy atom. The molecule has 2 aromatic rings. The van der Waals surface area contributed by atoms with Gasteiger partial charge in [0.05, 0.1) is 12.3 Å². The predicted octanol–water partition coefficient (Wildman–Crippen LogP) is 4.85. The summed E-state index contributed by atoms with van der Waals surface area (Å²) in [5.41, 5.74) is -1.65. The van der Waals surface area contributed by atoms with E-state index in [0.29, 0.717) is 13.0 Å². The van der Waals surface area contributed by atoms with E-state index in [4.69, 9.17) is 0 Å². The first kappa shape index (κ1) is 28.0. The number of sulfonamides is 1. The number of benzene rings is 1. The lowest BCUT2D eigenvalue weighted by atomic mass is 10.1. The molecule has 35 heavy (non-hydrogen) atoms. The van der Waals surface area contributed by atoms with Gasteiger partial charge in [0.1, 0.15) is 17.2 Å². The van der Waals surface area contributed by atoms with E-state index in [1.165, 1.54) is 19.1 Å². The molecule has 192 valence electrons. The van der Waals surface area contributed by atoms with Crippen molar-refractivity contribution in [3.8, 4) is 0 Å². The zero-order valence-corrected chi connectivity index (χ0v) is 19.9. The van der Waals surface area contributed by atoms with Crippen molar-refractivity contribution in [2.24, 2.45) is 0 Å². The largest absolute Gasteiger partial charge is 0.433 e. The minimum atomic E-state index is -4.63. The number of amides is 1. The summed E-state index contributed by atoms with van der Waals surface area (Å²) in [6.45, 7) is 3.75. The fourth-order valence-corrected chi connectivity index (χ4v) is 3.49. The highest BCUT2D eigenvalue weighted by Crippen LogP contribution is 2.30. The molecule has 0 bridgehead atoms. The number of pyridine rings is 1. The number of unbranched alkanes of at least 4 members (excludes halogenated alkanes) is 1. The molecule has 1 aromatic heterocycles. The molecule has 0 radical (unpaired) electrons. The highest BCUT2D eigenvalue weighted by molar-refractivity contribution is 7.92. The van der Waals surface area contributed by atoms with Crippen molar-refractivity contribution in [3.63, 3.8) is 0 Å². The van der Waals surface area contributed by atoms with Crippen molar-refractivity contribution < 1.29 is 35.2 Å². The summed E-state index contributed by atoms with van der Waals surface area (Å²) < 4.78 is 91.7. The number of aromatic nitrogens is 1. The number of anilines is 2. The SMILES string of the molecule is CCCCNc1nc(C(F)(F)F)ccc1/C=C/C(=O)N[C@H](C)c1cc(F)c(NS(C)(=O)=O)c(F)c1. The number of alkyl halides is 3. The van der Waals surface area contributed by atoms with Crippen LogP contribution in [0.1, 0.15) is 49.6 Å². The lowest BCUT2D eigenvalue weighted by Crippen LogP contribution is -2.25. The molecule has 7 nitrogen and oxygen atoms in total. The molecule has 0 unspecified atom stereocenters. The first-order valence-electron chi connectivity index (χ1n) is 10.5. The number of rotatable bonds is 10. The highest BCUT2D eigenvalue weighted by Gasteiger charge is 2.33. The van der Waals surface area contributed by atoms with Gasteiger partial charge in [0.25, 0.3) is 0 Å². The summed E-state index contributed by atoms with van der Waals surface area (Å²) in [5.74, 6) is -3.05. The molecule has 0 fully saturated rings.